The van der Waals surface area contributed by atoms with E-state index in [4.69, 9.17) is 16.3 Å². The molecule has 2 aromatic carbocycles. The third-order valence-electron chi connectivity index (χ3n) is 2.57. The van der Waals surface area contributed by atoms with E-state index >= 15 is 0 Å². The zero-order chi connectivity index (χ0) is 13.9. The van der Waals surface area contributed by atoms with Crippen molar-refractivity contribution in [3.8, 4) is 5.75 Å². The highest BCUT2D eigenvalue weighted by Gasteiger charge is 2.06. The first-order chi connectivity index (χ1) is 8.95. The van der Waals surface area contributed by atoms with E-state index < -0.39 is 9.84 Å². The molecular weight excluding hydrogens is 284 g/mol. The summed E-state index contributed by atoms with van der Waals surface area (Å²) in [6.45, 7) is 0.412. The SMILES string of the molecule is CS(=O)(=O)c1ccc(OCc2ccc(Cl)cc2)cc1. The first kappa shape index (κ1) is 13.9. The van der Waals surface area contributed by atoms with Gasteiger partial charge in [0.1, 0.15) is 12.4 Å². The summed E-state index contributed by atoms with van der Waals surface area (Å²) < 4.78 is 28.2. The molecule has 0 fully saturated rings. The van der Waals surface area contributed by atoms with Crippen LogP contribution < -0.4 is 4.74 Å². The molecule has 0 aromatic heterocycles. The third-order valence-corrected chi connectivity index (χ3v) is 3.95. The fourth-order valence-electron chi connectivity index (χ4n) is 1.53. The Morgan fingerprint density at radius 1 is 1.00 bits per heavy atom. The van der Waals surface area contributed by atoms with E-state index in [1.807, 2.05) is 12.1 Å². The van der Waals surface area contributed by atoms with Crippen LogP contribution in [0.25, 0.3) is 0 Å². The number of sulfone groups is 1. The molecule has 0 aliphatic heterocycles. The van der Waals surface area contributed by atoms with Crippen molar-refractivity contribution in [2.45, 2.75) is 11.5 Å². The monoisotopic (exact) mass is 296 g/mol. The van der Waals surface area contributed by atoms with Crippen LogP contribution in [0.15, 0.2) is 53.4 Å². The predicted molar refractivity (Wildman–Crippen MR) is 75.3 cm³/mol. The summed E-state index contributed by atoms with van der Waals surface area (Å²) in [5.74, 6) is 0.627. The van der Waals surface area contributed by atoms with E-state index in [1.54, 1.807) is 24.3 Å². The van der Waals surface area contributed by atoms with Crippen molar-refractivity contribution in [2.75, 3.05) is 6.26 Å². The lowest BCUT2D eigenvalue weighted by atomic mass is 10.2. The molecule has 3 nitrogen and oxygen atoms in total. The zero-order valence-electron chi connectivity index (χ0n) is 10.3. The van der Waals surface area contributed by atoms with Crippen LogP contribution in [-0.4, -0.2) is 14.7 Å². The summed E-state index contributed by atoms with van der Waals surface area (Å²) >= 11 is 5.79. The molecule has 0 unspecified atom stereocenters. The minimum absolute atomic E-state index is 0.284. The summed E-state index contributed by atoms with van der Waals surface area (Å²) in [6, 6.07) is 13.7. The molecule has 0 bridgehead atoms. The molecule has 0 saturated carbocycles. The average Bonchev–Trinajstić information content (AvgIpc) is 2.37. The van der Waals surface area contributed by atoms with Crippen LogP contribution in [0.5, 0.6) is 5.75 Å². The van der Waals surface area contributed by atoms with Crippen LogP contribution in [0, 0.1) is 0 Å². The van der Waals surface area contributed by atoms with E-state index in [0.717, 1.165) is 5.56 Å². The summed E-state index contributed by atoms with van der Waals surface area (Å²) in [7, 11) is -3.16. The van der Waals surface area contributed by atoms with Gasteiger partial charge in [-0.15, -0.1) is 0 Å². The van der Waals surface area contributed by atoms with Gasteiger partial charge in [0.2, 0.25) is 0 Å². The second kappa shape index (κ2) is 5.63. The van der Waals surface area contributed by atoms with Crippen LogP contribution in [-0.2, 0) is 16.4 Å². The molecule has 2 rings (SSSR count). The third kappa shape index (κ3) is 3.98. The molecule has 100 valence electrons. The Labute approximate surface area is 117 Å². The summed E-state index contributed by atoms with van der Waals surface area (Å²) in [5, 5.41) is 0.682. The summed E-state index contributed by atoms with van der Waals surface area (Å²) in [5.41, 5.74) is 0.997. The van der Waals surface area contributed by atoms with E-state index in [2.05, 4.69) is 0 Å². The van der Waals surface area contributed by atoms with Crippen molar-refractivity contribution in [3.05, 3.63) is 59.1 Å². The molecule has 0 aliphatic carbocycles. The number of halogens is 1. The Hall–Kier alpha value is -1.52. The Morgan fingerprint density at radius 2 is 1.58 bits per heavy atom. The lowest BCUT2D eigenvalue weighted by molar-refractivity contribution is 0.306. The quantitative estimate of drug-likeness (QED) is 0.869. The maximum Gasteiger partial charge on any atom is 0.175 e. The van der Waals surface area contributed by atoms with Gasteiger partial charge in [0.25, 0.3) is 0 Å². The number of hydrogen-bond donors (Lipinski definition) is 0. The van der Waals surface area contributed by atoms with Crippen molar-refractivity contribution in [2.24, 2.45) is 0 Å². The van der Waals surface area contributed by atoms with Gasteiger partial charge >= 0.3 is 0 Å². The van der Waals surface area contributed by atoms with Crippen molar-refractivity contribution in [3.63, 3.8) is 0 Å². The molecule has 0 radical (unpaired) electrons. The van der Waals surface area contributed by atoms with E-state index in [9.17, 15) is 8.42 Å². The predicted octanol–water partition coefficient (Wildman–Crippen LogP) is 3.32. The van der Waals surface area contributed by atoms with Crippen molar-refractivity contribution >= 4 is 21.4 Å². The smallest absolute Gasteiger partial charge is 0.175 e. The maximum absolute atomic E-state index is 11.3. The molecule has 2 aromatic rings. The van der Waals surface area contributed by atoms with Crippen molar-refractivity contribution in [1.29, 1.82) is 0 Å². The lowest BCUT2D eigenvalue weighted by Crippen LogP contribution is -1.98. The fraction of sp³-hybridized carbons (Fsp3) is 0.143. The average molecular weight is 297 g/mol. The van der Waals surface area contributed by atoms with Gasteiger partial charge in [-0.05, 0) is 42.0 Å². The molecule has 19 heavy (non-hydrogen) atoms. The second-order valence-electron chi connectivity index (χ2n) is 4.16. The van der Waals surface area contributed by atoms with Gasteiger partial charge < -0.3 is 4.74 Å². The maximum atomic E-state index is 11.3. The van der Waals surface area contributed by atoms with Gasteiger partial charge in [0.05, 0.1) is 4.90 Å². The minimum atomic E-state index is -3.16. The van der Waals surface area contributed by atoms with Gasteiger partial charge in [-0.2, -0.15) is 0 Å². The molecular formula is C14H13ClO3S. The molecule has 0 spiro atoms. The number of ether oxygens (including phenoxy) is 1. The molecule has 0 heterocycles. The van der Waals surface area contributed by atoms with Crippen LogP contribution in [0.2, 0.25) is 5.02 Å². The van der Waals surface area contributed by atoms with E-state index in [-0.39, 0.29) is 4.90 Å². The first-order valence-corrected chi connectivity index (χ1v) is 7.89. The fourth-order valence-corrected chi connectivity index (χ4v) is 2.29. The normalized spacial score (nSPS) is 11.3. The van der Waals surface area contributed by atoms with Gasteiger partial charge in [0.15, 0.2) is 9.84 Å². The number of hydrogen-bond acceptors (Lipinski definition) is 3. The highest BCUT2D eigenvalue weighted by molar-refractivity contribution is 7.90. The molecule has 0 amide bonds. The van der Waals surface area contributed by atoms with Gasteiger partial charge in [-0.1, -0.05) is 23.7 Å². The second-order valence-corrected chi connectivity index (χ2v) is 6.61. The Bertz CT molecular complexity index is 646. The molecule has 0 atom stereocenters. The minimum Gasteiger partial charge on any atom is -0.489 e. The van der Waals surface area contributed by atoms with Crippen molar-refractivity contribution in [1.82, 2.24) is 0 Å². The van der Waals surface area contributed by atoms with Crippen LogP contribution in [0.4, 0.5) is 0 Å². The Morgan fingerprint density at radius 3 is 2.11 bits per heavy atom. The standard InChI is InChI=1S/C14H13ClO3S/c1-19(16,17)14-8-6-13(7-9-14)18-10-11-2-4-12(15)5-3-11/h2-9H,10H2,1H3. The molecule has 0 aliphatic rings. The first-order valence-electron chi connectivity index (χ1n) is 5.62. The van der Waals surface area contributed by atoms with E-state index in [1.165, 1.54) is 18.4 Å². The molecule has 5 heteroatoms. The zero-order valence-corrected chi connectivity index (χ0v) is 11.9. The van der Waals surface area contributed by atoms with Gasteiger partial charge in [-0.25, -0.2) is 8.42 Å². The number of rotatable bonds is 4. The highest BCUT2D eigenvalue weighted by atomic mass is 35.5. The lowest BCUT2D eigenvalue weighted by Gasteiger charge is -2.07. The largest absolute Gasteiger partial charge is 0.489 e. The summed E-state index contributed by atoms with van der Waals surface area (Å²) in [6.07, 6.45) is 1.18. The highest BCUT2D eigenvalue weighted by Crippen LogP contribution is 2.17. The van der Waals surface area contributed by atoms with Crippen LogP contribution in [0.3, 0.4) is 0 Å². The summed E-state index contributed by atoms with van der Waals surface area (Å²) in [4.78, 5) is 0.284. The molecule has 0 N–H and O–H groups in total. The van der Waals surface area contributed by atoms with Crippen molar-refractivity contribution < 1.29 is 13.2 Å². The molecule has 0 saturated heterocycles. The Balaban J connectivity index is 2.02. The van der Waals surface area contributed by atoms with Crippen LogP contribution >= 0.6 is 11.6 Å². The van der Waals surface area contributed by atoms with E-state index in [0.29, 0.717) is 17.4 Å². The van der Waals surface area contributed by atoms with Gasteiger partial charge in [0, 0.05) is 11.3 Å². The topological polar surface area (TPSA) is 43.4 Å². The number of benzene rings is 2. The van der Waals surface area contributed by atoms with Gasteiger partial charge in [-0.3, -0.25) is 0 Å². The van der Waals surface area contributed by atoms with Crippen LogP contribution in [0.1, 0.15) is 5.56 Å². The Kier molecular flexibility index (Phi) is 4.12.